The van der Waals surface area contributed by atoms with Gasteiger partial charge in [0.2, 0.25) is 0 Å². The number of amides is 1. The van der Waals surface area contributed by atoms with E-state index in [1.54, 1.807) is 20.9 Å². The van der Waals surface area contributed by atoms with Crippen LogP contribution in [0.4, 0.5) is 5.69 Å². The zero-order chi connectivity index (χ0) is 15.3. The molecule has 0 fully saturated rings. The Hall–Kier alpha value is -2.38. The summed E-state index contributed by atoms with van der Waals surface area (Å²) < 4.78 is 6.16. The Bertz CT molecular complexity index is 523. The van der Waals surface area contributed by atoms with E-state index in [0.717, 1.165) is 0 Å². The van der Waals surface area contributed by atoms with E-state index in [1.807, 2.05) is 0 Å². The van der Waals surface area contributed by atoms with Gasteiger partial charge in [-0.3, -0.25) is 19.7 Å². The maximum absolute atomic E-state index is 12.2. The molecule has 0 spiro atoms. The monoisotopic (exact) mass is 283 g/mol. The molecule has 0 bridgehead atoms. The molecule has 0 aliphatic carbocycles. The molecule has 1 aromatic heterocycles. The van der Waals surface area contributed by atoms with Crippen molar-refractivity contribution in [2.24, 2.45) is 7.05 Å². The fourth-order valence-electron chi connectivity index (χ4n) is 1.71. The minimum absolute atomic E-state index is 0.155. The predicted octanol–water partition coefficient (Wildman–Crippen LogP) is 0.958. The third-order valence-electron chi connectivity index (χ3n) is 2.71. The summed E-state index contributed by atoms with van der Waals surface area (Å²) in [5.74, 6) is -0.956. The number of esters is 1. The van der Waals surface area contributed by atoms with Crippen LogP contribution in [0.3, 0.4) is 0 Å². The average Bonchev–Trinajstić information content (AvgIpc) is 2.78. The number of rotatable bonds is 6. The van der Waals surface area contributed by atoms with Gasteiger partial charge in [-0.25, -0.2) is 0 Å². The van der Waals surface area contributed by atoms with Gasteiger partial charge in [0.15, 0.2) is 0 Å². The predicted molar refractivity (Wildman–Crippen MR) is 70.3 cm³/mol. The molecular weight excluding hydrogens is 266 g/mol. The highest BCUT2D eigenvalue weighted by Gasteiger charge is 2.23. The fourth-order valence-corrected chi connectivity index (χ4v) is 1.71. The summed E-state index contributed by atoms with van der Waals surface area (Å²) in [4.78, 5) is 35.1. The van der Waals surface area contributed by atoms with Gasteiger partial charge in [-0.15, -0.1) is 0 Å². The van der Waals surface area contributed by atoms with Gasteiger partial charge in [0.25, 0.3) is 11.6 Å². The van der Waals surface area contributed by atoms with Crippen LogP contribution in [0.2, 0.25) is 0 Å². The molecule has 0 radical (unpaired) electrons. The first kappa shape index (κ1) is 15.7. The van der Waals surface area contributed by atoms with Crippen molar-refractivity contribution in [3.8, 4) is 0 Å². The molecule has 1 rings (SSSR count). The van der Waals surface area contributed by atoms with E-state index in [4.69, 9.17) is 4.74 Å². The van der Waals surface area contributed by atoms with E-state index in [1.165, 1.54) is 21.7 Å². The van der Waals surface area contributed by atoms with Crippen molar-refractivity contribution < 1.29 is 19.2 Å². The lowest BCUT2D eigenvalue weighted by Gasteiger charge is -2.19. The molecule has 0 saturated carbocycles. The number of carbonyl (C=O) groups is 2. The zero-order valence-corrected chi connectivity index (χ0v) is 11.7. The van der Waals surface area contributed by atoms with E-state index in [-0.39, 0.29) is 24.5 Å². The molecule has 0 aliphatic heterocycles. The molecule has 1 aromatic rings. The third kappa shape index (κ3) is 3.56. The van der Waals surface area contributed by atoms with Gasteiger partial charge in [-0.05, 0) is 13.8 Å². The molecule has 1 heterocycles. The number of nitro groups is 1. The Kier molecular flexibility index (Phi) is 5.24. The summed E-state index contributed by atoms with van der Waals surface area (Å²) in [5, 5.41) is 10.7. The molecule has 0 unspecified atom stereocenters. The van der Waals surface area contributed by atoms with E-state index < -0.39 is 16.8 Å². The number of hydrogen-bond acceptors (Lipinski definition) is 5. The van der Waals surface area contributed by atoms with Crippen LogP contribution >= 0.6 is 0 Å². The summed E-state index contributed by atoms with van der Waals surface area (Å²) in [7, 11) is 1.54. The first-order chi connectivity index (χ1) is 9.40. The van der Waals surface area contributed by atoms with Gasteiger partial charge in [0.1, 0.15) is 12.2 Å². The van der Waals surface area contributed by atoms with Crippen LogP contribution in [0.15, 0.2) is 12.3 Å². The zero-order valence-electron chi connectivity index (χ0n) is 11.7. The molecule has 8 nitrogen and oxygen atoms in total. The van der Waals surface area contributed by atoms with Gasteiger partial charge in [-0.1, -0.05) is 0 Å². The second kappa shape index (κ2) is 6.69. The lowest BCUT2D eigenvalue weighted by atomic mass is 10.3. The van der Waals surface area contributed by atoms with E-state index in [2.05, 4.69) is 0 Å². The molecular formula is C12H17N3O5. The normalized spacial score (nSPS) is 10.2. The fraction of sp³-hybridized carbons (Fsp3) is 0.500. The summed E-state index contributed by atoms with van der Waals surface area (Å²) in [6.45, 7) is 3.75. The number of nitrogens with zero attached hydrogens (tertiary/aromatic N) is 3. The number of aromatic nitrogens is 1. The van der Waals surface area contributed by atoms with E-state index in [9.17, 15) is 19.7 Å². The maximum atomic E-state index is 12.2. The first-order valence-corrected chi connectivity index (χ1v) is 6.16. The van der Waals surface area contributed by atoms with Crippen LogP contribution in [-0.4, -0.2) is 46.0 Å². The van der Waals surface area contributed by atoms with Crippen LogP contribution in [0.5, 0.6) is 0 Å². The van der Waals surface area contributed by atoms with Crippen molar-refractivity contribution in [2.75, 3.05) is 19.7 Å². The second-order valence-electron chi connectivity index (χ2n) is 4.08. The highest BCUT2D eigenvalue weighted by atomic mass is 16.6. The summed E-state index contributed by atoms with van der Waals surface area (Å²) in [6.07, 6.45) is 1.26. The summed E-state index contributed by atoms with van der Waals surface area (Å²) in [6, 6.07) is 1.19. The molecule has 0 atom stereocenters. The maximum Gasteiger partial charge on any atom is 0.325 e. The summed E-state index contributed by atoms with van der Waals surface area (Å²) >= 11 is 0. The number of hydrogen-bond donors (Lipinski definition) is 0. The van der Waals surface area contributed by atoms with Crippen LogP contribution in [0.25, 0.3) is 0 Å². The second-order valence-corrected chi connectivity index (χ2v) is 4.08. The molecule has 0 aromatic carbocycles. The summed E-state index contributed by atoms with van der Waals surface area (Å²) in [5.41, 5.74) is -0.00844. The van der Waals surface area contributed by atoms with Crippen molar-refractivity contribution in [2.45, 2.75) is 13.8 Å². The average molecular weight is 283 g/mol. The molecule has 1 amide bonds. The van der Waals surface area contributed by atoms with Gasteiger partial charge in [-0.2, -0.15) is 0 Å². The van der Waals surface area contributed by atoms with Gasteiger partial charge < -0.3 is 14.2 Å². The Balaban J connectivity index is 2.91. The highest BCUT2D eigenvalue weighted by molar-refractivity contribution is 5.95. The topological polar surface area (TPSA) is 94.7 Å². The highest BCUT2D eigenvalue weighted by Crippen LogP contribution is 2.16. The molecule has 8 heteroatoms. The lowest BCUT2D eigenvalue weighted by molar-refractivity contribution is -0.384. The number of carbonyl (C=O) groups excluding carboxylic acids is 2. The SMILES string of the molecule is CCOC(=O)CN(CC)C(=O)c1cc([N+](=O)[O-])cn1C. The Morgan fingerprint density at radius 1 is 1.45 bits per heavy atom. The third-order valence-corrected chi connectivity index (χ3v) is 2.71. The van der Waals surface area contributed by atoms with Crippen LogP contribution in [-0.2, 0) is 16.6 Å². The Morgan fingerprint density at radius 3 is 2.55 bits per heavy atom. The first-order valence-electron chi connectivity index (χ1n) is 6.16. The minimum atomic E-state index is -0.571. The van der Waals surface area contributed by atoms with Crippen LogP contribution in [0, 0.1) is 10.1 Å². The smallest absolute Gasteiger partial charge is 0.325 e. The molecule has 110 valence electrons. The number of ether oxygens (including phenoxy) is 1. The lowest BCUT2D eigenvalue weighted by Crippen LogP contribution is -2.37. The van der Waals surface area contributed by atoms with Crippen LogP contribution < -0.4 is 0 Å². The molecule has 0 saturated heterocycles. The Labute approximate surface area is 116 Å². The van der Waals surface area contributed by atoms with Crippen molar-refractivity contribution in [3.63, 3.8) is 0 Å². The molecule has 0 aliphatic rings. The van der Waals surface area contributed by atoms with Crippen molar-refractivity contribution in [3.05, 3.63) is 28.1 Å². The largest absolute Gasteiger partial charge is 0.465 e. The van der Waals surface area contributed by atoms with E-state index >= 15 is 0 Å². The van der Waals surface area contributed by atoms with E-state index in [0.29, 0.717) is 6.54 Å². The number of likely N-dealkylation sites (N-methyl/N-ethyl adjacent to an activating group) is 1. The number of aryl methyl sites for hydroxylation is 1. The van der Waals surface area contributed by atoms with Crippen molar-refractivity contribution in [1.29, 1.82) is 0 Å². The van der Waals surface area contributed by atoms with Crippen molar-refractivity contribution >= 4 is 17.6 Å². The quantitative estimate of drug-likeness (QED) is 0.440. The molecule has 0 N–H and O–H groups in total. The van der Waals surface area contributed by atoms with Gasteiger partial charge in [0.05, 0.1) is 17.7 Å². The minimum Gasteiger partial charge on any atom is -0.465 e. The van der Waals surface area contributed by atoms with Crippen molar-refractivity contribution in [1.82, 2.24) is 9.47 Å². The Morgan fingerprint density at radius 2 is 2.10 bits per heavy atom. The van der Waals surface area contributed by atoms with Crippen LogP contribution in [0.1, 0.15) is 24.3 Å². The van der Waals surface area contributed by atoms with Gasteiger partial charge in [0, 0.05) is 19.7 Å². The standard InChI is InChI=1S/C12H17N3O5/c1-4-14(8-11(16)20-5-2)12(17)10-6-9(15(18)19)7-13(10)3/h6-7H,4-5,8H2,1-3H3. The molecule has 20 heavy (non-hydrogen) atoms. The van der Waals surface area contributed by atoms with Gasteiger partial charge >= 0.3 is 5.97 Å².